The van der Waals surface area contributed by atoms with Gasteiger partial charge in [-0.1, -0.05) is 37.6 Å². The molecule has 0 unspecified atom stereocenters. The number of nitrogens with zero attached hydrogens (tertiary/aromatic N) is 3. The van der Waals surface area contributed by atoms with Crippen molar-refractivity contribution in [3.8, 4) is 0 Å². The average Bonchev–Trinajstić information content (AvgIpc) is 2.85. The van der Waals surface area contributed by atoms with Crippen molar-refractivity contribution in [2.75, 3.05) is 11.1 Å². The van der Waals surface area contributed by atoms with Crippen LogP contribution in [0.4, 0.5) is 11.9 Å². The molecular weight excluding hydrogens is 338 g/mol. The number of anilines is 2. The van der Waals surface area contributed by atoms with Crippen LogP contribution in [0.3, 0.4) is 0 Å². The van der Waals surface area contributed by atoms with Crippen molar-refractivity contribution in [1.29, 1.82) is 0 Å². The second-order valence-corrected chi connectivity index (χ2v) is 6.19. The third-order valence-corrected chi connectivity index (χ3v) is 4.20. The maximum Gasteiger partial charge on any atom is 0.228 e. The van der Waals surface area contributed by atoms with Gasteiger partial charge < -0.3 is 11.1 Å². The van der Waals surface area contributed by atoms with Gasteiger partial charge in [-0.25, -0.2) is 0 Å². The van der Waals surface area contributed by atoms with Crippen LogP contribution in [-0.4, -0.2) is 15.0 Å². The van der Waals surface area contributed by atoms with E-state index in [0.717, 1.165) is 25.1 Å². The van der Waals surface area contributed by atoms with E-state index in [1.165, 1.54) is 16.7 Å². The topological polar surface area (TPSA) is 76.7 Å². The van der Waals surface area contributed by atoms with Crippen molar-refractivity contribution >= 4 is 34.3 Å². The fraction of sp³-hybridized carbons (Fsp3) is 0.471. The monoisotopic (exact) mass is 361 g/mol. The van der Waals surface area contributed by atoms with E-state index in [9.17, 15) is 0 Å². The maximum absolute atomic E-state index is 5.82. The molecule has 7 heteroatoms. The number of rotatable bonds is 4. The Morgan fingerprint density at radius 1 is 1.25 bits per heavy atom. The minimum Gasteiger partial charge on any atom is -0.368 e. The number of hydrogen-bond acceptors (Lipinski definition) is 7. The van der Waals surface area contributed by atoms with E-state index in [1.807, 2.05) is 0 Å². The van der Waals surface area contributed by atoms with Crippen LogP contribution in [0.5, 0.6) is 0 Å². The number of nitrogen functional groups attached to an aromatic ring is 1. The summed E-state index contributed by atoms with van der Waals surface area (Å²) in [4.78, 5) is 12.9. The van der Waals surface area contributed by atoms with Crippen molar-refractivity contribution in [3.63, 3.8) is 0 Å². The Labute approximate surface area is 153 Å². The fourth-order valence-corrected chi connectivity index (χ4v) is 3.16. The summed E-state index contributed by atoms with van der Waals surface area (Å²) in [6, 6.07) is 6.89. The van der Waals surface area contributed by atoms with Crippen molar-refractivity contribution in [1.82, 2.24) is 15.0 Å². The van der Waals surface area contributed by atoms with Gasteiger partial charge in [-0.15, -0.1) is 0 Å². The largest absolute Gasteiger partial charge is 0.368 e. The first kappa shape index (κ1) is 18.6. The van der Waals surface area contributed by atoms with E-state index in [4.69, 9.17) is 5.73 Å². The van der Waals surface area contributed by atoms with Crippen molar-refractivity contribution in [3.05, 3.63) is 40.7 Å². The summed E-state index contributed by atoms with van der Waals surface area (Å²) in [5.41, 5.74) is 9.85. The molecule has 0 bridgehead atoms. The lowest BCUT2D eigenvalue weighted by molar-refractivity contribution is 0.538. The first-order valence-corrected chi connectivity index (χ1v) is 9.43. The summed E-state index contributed by atoms with van der Waals surface area (Å²) in [5.74, 6) is 2.13. The third kappa shape index (κ3) is 4.21. The first-order valence-electron chi connectivity index (χ1n) is 8.10. The molecule has 1 aliphatic carbocycles. The molecule has 2 aromatic rings. The highest BCUT2D eigenvalue weighted by molar-refractivity contribution is 8.07. The molecule has 0 saturated carbocycles. The molecule has 24 heavy (non-hydrogen) atoms. The molecule has 1 aromatic carbocycles. The zero-order valence-electron chi connectivity index (χ0n) is 14.2. The second-order valence-electron chi connectivity index (χ2n) is 6.19. The molecule has 0 spiro atoms. The summed E-state index contributed by atoms with van der Waals surface area (Å²) >= 11 is 7.33. The van der Waals surface area contributed by atoms with Crippen LogP contribution in [0, 0.1) is 12.8 Å². The van der Waals surface area contributed by atoms with Crippen molar-refractivity contribution < 1.29 is 0 Å². The van der Waals surface area contributed by atoms with Gasteiger partial charge in [-0.05, 0) is 36.8 Å². The van der Waals surface area contributed by atoms with E-state index >= 15 is 0 Å². The summed E-state index contributed by atoms with van der Waals surface area (Å²) in [6.07, 6.45) is 2.89. The van der Waals surface area contributed by atoms with Gasteiger partial charge in [0.25, 0.3) is 0 Å². The number of aryl methyl sites for hydroxylation is 2. The molecule has 0 aliphatic heterocycles. The van der Waals surface area contributed by atoms with Crippen molar-refractivity contribution in [2.45, 2.75) is 46.1 Å². The lowest BCUT2D eigenvalue weighted by Gasteiger charge is -2.19. The normalized spacial score (nSPS) is 18.5. The van der Waals surface area contributed by atoms with Crippen LogP contribution in [-0.2, 0) is 35.2 Å². The Balaban J connectivity index is 0.00000100. The molecular formula is C17H23N5S2. The fourth-order valence-electron chi connectivity index (χ4n) is 3.16. The predicted octanol–water partition coefficient (Wildman–Crippen LogP) is 3.06. The number of hydrogen-bond donors (Lipinski definition) is 2. The standard InChI is InChI=1S/C17H23N5.S2/c1-4-5-14-19-16(18)22-17(20-14)21-15-11(3)9-12-7-6-10(2)8-13(12)15;1-2/h6-8,11,15H,4-5,9H2,1-3H3,(H3,18,19,20,21,22);/t11-,15+;/m0./s1. The van der Waals surface area contributed by atoms with Gasteiger partial charge >= 0.3 is 0 Å². The minimum absolute atomic E-state index is 0.228. The molecule has 0 radical (unpaired) electrons. The van der Waals surface area contributed by atoms with Gasteiger partial charge in [0, 0.05) is 28.8 Å². The Hall–Kier alpha value is -1.73. The van der Waals surface area contributed by atoms with E-state index in [1.54, 1.807) is 0 Å². The first-order chi connectivity index (χ1) is 11.6. The van der Waals surface area contributed by atoms with E-state index in [0.29, 0.717) is 11.9 Å². The Kier molecular flexibility index (Phi) is 6.51. The zero-order chi connectivity index (χ0) is 17.7. The summed E-state index contributed by atoms with van der Waals surface area (Å²) < 4.78 is 0. The smallest absolute Gasteiger partial charge is 0.228 e. The third-order valence-electron chi connectivity index (χ3n) is 4.20. The van der Waals surface area contributed by atoms with Crippen LogP contribution in [0.2, 0.25) is 0 Å². The lowest BCUT2D eigenvalue weighted by atomic mass is 10.0. The average molecular weight is 362 g/mol. The molecule has 3 rings (SSSR count). The number of benzene rings is 1. The Bertz CT molecular complexity index is 707. The molecule has 5 nitrogen and oxygen atoms in total. The molecule has 3 N–H and O–H groups in total. The molecule has 2 atom stereocenters. The molecule has 1 aromatic heterocycles. The summed E-state index contributed by atoms with van der Waals surface area (Å²) in [7, 11) is 0. The second kappa shape index (κ2) is 8.39. The molecule has 1 aliphatic rings. The lowest BCUT2D eigenvalue weighted by Crippen LogP contribution is -2.18. The van der Waals surface area contributed by atoms with Gasteiger partial charge in [0.2, 0.25) is 11.9 Å². The minimum atomic E-state index is 0.228. The number of nitrogens with one attached hydrogen (secondary N) is 1. The molecule has 0 amide bonds. The Morgan fingerprint density at radius 2 is 2.00 bits per heavy atom. The van der Waals surface area contributed by atoms with Crippen LogP contribution in [0.1, 0.15) is 48.8 Å². The zero-order valence-corrected chi connectivity index (χ0v) is 15.9. The highest BCUT2D eigenvalue weighted by Gasteiger charge is 2.30. The summed E-state index contributed by atoms with van der Waals surface area (Å²) in [6.45, 7) is 6.48. The predicted molar refractivity (Wildman–Crippen MR) is 103 cm³/mol. The van der Waals surface area contributed by atoms with Crippen molar-refractivity contribution in [2.24, 2.45) is 5.92 Å². The van der Waals surface area contributed by atoms with Crippen LogP contribution in [0.25, 0.3) is 0 Å². The maximum atomic E-state index is 5.82. The number of fused-ring (bicyclic) bond motifs is 1. The highest BCUT2D eigenvalue weighted by atomic mass is 32.8. The Morgan fingerprint density at radius 3 is 2.71 bits per heavy atom. The van der Waals surface area contributed by atoms with Crippen LogP contribution in [0.15, 0.2) is 18.2 Å². The highest BCUT2D eigenvalue weighted by Crippen LogP contribution is 2.38. The van der Waals surface area contributed by atoms with Gasteiger partial charge in [-0.2, -0.15) is 15.0 Å². The molecule has 128 valence electrons. The number of nitrogens with two attached hydrogens (primary N) is 1. The molecule has 0 fully saturated rings. The molecule has 0 saturated heterocycles. The van der Waals surface area contributed by atoms with Crippen LogP contribution >= 0.6 is 0 Å². The van der Waals surface area contributed by atoms with Gasteiger partial charge in [0.15, 0.2) is 0 Å². The van der Waals surface area contributed by atoms with Gasteiger partial charge in [0.1, 0.15) is 5.82 Å². The molecule has 1 heterocycles. The van der Waals surface area contributed by atoms with Crippen LogP contribution < -0.4 is 11.1 Å². The van der Waals surface area contributed by atoms with Gasteiger partial charge in [-0.3, -0.25) is 0 Å². The summed E-state index contributed by atoms with van der Waals surface area (Å²) in [5, 5.41) is 3.47. The van der Waals surface area contributed by atoms with E-state index in [2.05, 4.69) is 81.6 Å². The quantitative estimate of drug-likeness (QED) is 0.866. The van der Waals surface area contributed by atoms with Gasteiger partial charge in [0.05, 0.1) is 6.04 Å². The van der Waals surface area contributed by atoms with E-state index in [-0.39, 0.29) is 12.0 Å². The SMILES string of the molecule is CCCc1nc(N)nc(N[C@H]2c3cc(C)ccc3C[C@@H]2C)n1.S=S. The van der Waals surface area contributed by atoms with E-state index < -0.39 is 0 Å². The number of aromatic nitrogens is 3.